The molecule has 0 aliphatic rings. The zero-order valence-electron chi connectivity index (χ0n) is 15.2. The maximum absolute atomic E-state index is 11.7. The lowest BCUT2D eigenvalue weighted by atomic mass is 10.3. The van der Waals surface area contributed by atoms with E-state index in [1.165, 1.54) is 6.92 Å². The number of carbonyl (C=O) groups is 4. The zero-order chi connectivity index (χ0) is 19.1. The van der Waals surface area contributed by atoms with Crippen LogP contribution >= 0.6 is 0 Å². The van der Waals surface area contributed by atoms with Crippen molar-refractivity contribution in [1.29, 1.82) is 0 Å². The average molecular weight is 356 g/mol. The predicted octanol–water partition coefficient (Wildman–Crippen LogP) is 0.852. The summed E-state index contributed by atoms with van der Waals surface area (Å²) >= 11 is 0. The molecule has 0 saturated carbocycles. The molecule has 0 atom stereocenters. The number of carbonyl (C=O) groups excluding carboxylic acids is 4. The van der Waals surface area contributed by atoms with Gasteiger partial charge >= 0.3 is 11.9 Å². The minimum Gasteiger partial charge on any atom is -0.452 e. The first kappa shape index (κ1) is 22.6. The Bertz CT molecular complexity index is 488. The molecule has 8 nitrogen and oxygen atoms in total. The Hall–Kier alpha value is -2.38. The van der Waals surface area contributed by atoms with Gasteiger partial charge in [0, 0.05) is 24.7 Å². The van der Waals surface area contributed by atoms with Gasteiger partial charge in [-0.05, 0) is 19.8 Å². The average Bonchev–Trinajstić information content (AvgIpc) is 2.58. The Morgan fingerprint density at radius 3 is 1.80 bits per heavy atom. The van der Waals surface area contributed by atoms with E-state index in [4.69, 9.17) is 9.47 Å². The van der Waals surface area contributed by atoms with E-state index in [1.54, 1.807) is 0 Å². The number of rotatable bonds is 12. The van der Waals surface area contributed by atoms with Crippen LogP contribution in [0.4, 0.5) is 0 Å². The van der Waals surface area contributed by atoms with E-state index in [0.29, 0.717) is 13.1 Å². The van der Waals surface area contributed by atoms with Crippen LogP contribution in [-0.4, -0.2) is 50.1 Å². The minimum absolute atomic E-state index is 0.0160. The summed E-state index contributed by atoms with van der Waals surface area (Å²) in [4.78, 5) is 46.0. The molecule has 0 saturated heterocycles. The summed E-state index contributed by atoms with van der Waals surface area (Å²) in [6.45, 7) is 5.56. The fourth-order valence-electron chi connectivity index (χ4n) is 1.57. The minimum atomic E-state index is -0.826. The van der Waals surface area contributed by atoms with Crippen LogP contribution in [0.1, 0.15) is 46.5 Å². The lowest BCUT2D eigenvalue weighted by molar-refractivity contribution is -0.146. The summed E-state index contributed by atoms with van der Waals surface area (Å²) < 4.78 is 9.51. The summed E-state index contributed by atoms with van der Waals surface area (Å²) in [5.41, 5.74) is -0.0160. The molecule has 2 amide bonds. The van der Waals surface area contributed by atoms with Crippen LogP contribution in [0.3, 0.4) is 0 Å². The first-order valence-electron chi connectivity index (χ1n) is 8.46. The van der Waals surface area contributed by atoms with Gasteiger partial charge in [-0.1, -0.05) is 26.7 Å². The molecule has 0 fully saturated rings. The summed E-state index contributed by atoms with van der Waals surface area (Å²) in [6.07, 6.45) is 4.51. The van der Waals surface area contributed by atoms with Gasteiger partial charge in [0.25, 0.3) is 11.8 Å². The van der Waals surface area contributed by atoms with Crippen LogP contribution in [0, 0.1) is 0 Å². The van der Waals surface area contributed by atoms with Gasteiger partial charge in [0.15, 0.2) is 13.2 Å². The molecule has 2 N–H and O–H groups in total. The van der Waals surface area contributed by atoms with Crippen LogP contribution in [0.2, 0.25) is 0 Å². The molecule has 8 heteroatoms. The van der Waals surface area contributed by atoms with E-state index in [2.05, 4.69) is 10.6 Å². The van der Waals surface area contributed by atoms with Crippen molar-refractivity contribution >= 4 is 23.8 Å². The van der Waals surface area contributed by atoms with Crippen LogP contribution < -0.4 is 10.6 Å². The molecule has 0 aliphatic heterocycles. The maximum atomic E-state index is 11.7. The van der Waals surface area contributed by atoms with Gasteiger partial charge in [0.1, 0.15) is 0 Å². The van der Waals surface area contributed by atoms with E-state index in [-0.39, 0.29) is 5.57 Å². The number of hydrogen-bond acceptors (Lipinski definition) is 6. The topological polar surface area (TPSA) is 111 Å². The molecular weight excluding hydrogens is 328 g/mol. The summed E-state index contributed by atoms with van der Waals surface area (Å²) in [7, 11) is 0. The molecule has 0 aliphatic carbocycles. The molecule has 0 unspecified atom stereocenters. The van der Waals surface area contributed by atoms with E-state index in [9.17, 15) is 19.2 Å². The van der Waals surface area contributed by atoms with E-state index >= 15 is 0 Å². The largest absolute Gasteiger partial charge is 0.452 e. The first-order chi connectivity index (χ1) is 11.9. The third kappa shape index (κ3) is 12.7. The lowest BCUT2D eigenvalue weighted by Crippen LogP contribution is -2.30. The van der Waals surface area contributed by atoms with Crippen molar-refractivity contribution in [1.82, 2.24) is 10.6 Å². The van der Waals surface area contributed by atoms with E-state index in [0.717, 1.165) is 31.8 Å². The van der Waals surface area contributed by atoms with Crippen molar-refractivity contribution in [2.45, 2.75) is 46.5 Å². The molecule has 0 aromatic heterocycles. The monoisotopic (exact) mass is 356 g/mol. The fraction of sp³-hybridized carbons (Fsp3) is 0.647. The molecule has 0 aromatic rings. The lowest BCUT2D eigenvalue weighted by Gasteiger charge is -2.07. The number of esters is 2. The zero-order valence-corrected chi connectivity index (χ0v) is 15.2. The molecule has 0 heterocycles. The Kier molecular flexibility index (Phi) is 12.7. The van der Waals surface area contributed by atoms with Gasteiger partial charge in [-0.2, -0.15) is 0 Å². The number of hydrogen-bond donors (Lipinski definition) is 2. The summed E-state index contributed by atoms with van der Waals surface area (Å²) in [5.74, 6) is -2.43. The van der Waals surface area contributed by atoms with Crippen LogP contribution in [0.5, 0.6) is 0 Å². The van der Waals surface area contributed by atoms with Crippen molar-refractivity contribution in [3.63, 3.8) is 0 Å². The van der Waals surface area contributed by atoms with Crippen molar-refractivity contribution in [3.05, 3.63) is 11.6 Å². The third-order valence-electron chi connectivity index (χ3n) is 3.04. The molecule has 0 bridgehead atoms. The first-order valence-corrected chi connectivity index (χ1v) is 8.46. The summed E-state index contributed by atoms with van der Waals surface area (Å²) in [6, 6.07) is 0. The van der Waals surface area contributed by atoms with Crippen molar-refractivity contribution < 1.29 is 28.7 Å². The maximum Gasteiger partial charge on any atom is 0.334 e. The quantitative estimate of drug-likeness (QED) is 0.305. The van der Waals surface area contributed by atoms with Gasteiger partial charge in [-0.25, -0.2) is 9.59 Å². The van der Waals surface area contributed by atoms with Crippen molar-refractivity contribution in [2.24, 2.45) is 0 Å². The van der Waals surface area contributed by atoms with Gasteiger partial charge in [-0.3, -0.25) is 9.59 Å². The Morgan fingerprint density at radius 2 is 1.32 bits per heavy atom. The molecule has 0 aromatic carbocycles. The second-order valence-corrected chi connectivity index (χ2v) is 5.42. The third-order valence-corrected chi connectivity index (χ3v) is 3.04. The second-order valence-electron chi connectivity index (χ2n) is 5.42. The number of ether oxygens (including phenoxy) is 2. The number of nitrogens with one attached hydrogen (secondary N) is 2. The molecular formula is C17H28N2O6. The molecule has 0 rings (SSSR count). The smallest absolute Gasteiger partial charge is 0.334 e. The highest BCUT2D eigenvalue weighted by atomic mass is 16.5. The van der Waals surface area contributed by atoms with Gasteiger partial charge in [-0.15, -0.1) is 0 Å². The van der Waals surface area contributed by atoms with Gasteiger partial charge in [0.2, 0.25) is 0 Å². The van der Waals surface area contributed by atoms with Crippen molar-refractivity contribution in [2.75, 3.05) is 26.3 Å². The van der Waals surface area contributed by atoms with Crippen LogP contribution in [-0.2, 0) is 28.7 Å². The normalized spacial score (nSPS) is 10.8. The highest BCUT2D eigenvalue weighted by molar-refractivity contribution is 5.97. The van der Waals surface area contributed by atoms with E-state index in [1.807, 2.05) is 13.8 Å². The molecule has 142 valence electrons. The highest BCUT2D eigenvalue weighted by Crippen LogP contribution is 1.98. The molecule has 0 radical (unpaired) electrons. The number of unbranched alkanes of at least 4 members (excludes halogenated alkanes) is 2. The van der Waals surface area contributed by atoms with Crippen LogP contribution in [0.25, 0.3) is 0 Å². The Labute approximate surface area is 148 Å². The highest BCUT2D eigenvalue weighted by Gasteiger charge is 2.12. The Balaban J connectivity index is 4.10. The predicted molar refractivity (Wildman–Crippen MR) is 91.5 cm³/mol. The van der Waals surface area contributed by atoms with Crippen molar-refractivity contribution in [3.8, 4) is 0 Å². The molecule has 0 spiro atoms. The molecule has 25 heavy (non-hydrogen) atoms. The SMILES string of the molecule is CCCCNC(=O)COC(=O)/C=C(\C)C(=O)OCC(=O)NCCCC. The standard InChI is InChI=1S/C17H28N2O6/c1-4-6-8-18-14(20)11-24-16(22)10-13(3)17(23)25-12-15(21)19-9-7-5-2/h10H,4-9,11-12H2,1-3H3,(H,18,20)(H,19,21)/b13-10+. The number of amides is 2. The van der Waals surface area contributed by atoms with E-state index < -0.39 is 37.0 Å². The fourth-order valence-corrected chi connectivity index (χ4v) is 1.57. The van der Waals surface area contributed by atoms with Crippen LogP contribution in [0.15, 0.2) is 11.6 Å². The second kappa shape index (κ2) is 14.0. The summed E-state index contributed by atoms with van der Waals surface area (Å²) in [5, 5.41) is 5.20. The van der Waals surface area contributed by atoms with Gasteiger partial charge < -0.3 is 20.1 Å². The van der Waals surface area contributed by atoms with Gasteiger partial charge in [0.05, 0.1) is 0 Å². The Morgan fingerprint density at radius 1 is 0.840 bits per heavy atom.